The van der Waals surface area contributed by atoms with Gasteiger partial charge < -0.3 is 15.4 Å². The minimum atomic E-state index is -1.13. The molecular formula is C10H13N3O3. The number of aryl methyl sites for hydroxylation is 1. The Morgan fingerprint density at radius 2 is 2.31 bits per heavy atom. The number of carboxylic acid groups (broad SMARTS) is 1. The quantitative estimate of drug-likeness (QED) is 0.471. The summed E-state index contributed by atoms with van der Waals surface area (Å²) in [6, 6.07) is 0. The van der Waals surface area contributed by atoms with Crippen molar-refractivity contribution in [2.75, 3.05) is 6.54 Å². The van der Waals surface area contributed by atoms with Crippen molar-refractivity contribution >= 4 is 11.9 Å². The van der Waals surface area contributed by atoms with Gasteiger partial charge in [-0.3, -0.25) is 4.79 Å². The first-order valence-electron chi connectivity index (χ1n) is 4.85. The molecule has 1 aromatic heterocycles. The minimum Gasteiger partial charge on any atom is -0.478 e. The maximum absolute atomic E-state index is 11.0. The third-order valence-electron chi connectivity index (χ3n) is 1.82. The first kappa shape index (κ1) is 12.0. The molecule has 0 radical (unpaired) electrons. The van der Waals surface area contributed by atoms with Gasteiger partial charge in [-0.15, -0.1) is 0 Å². The minimum absolute atomic E-state index is 0.401. The van der Waals surface area contributed by atoms with Gasteiger partial charge in [-0.25, -0.2) is 9.78 Å². The number of rotatable bonds is 6. The van der Waals surface area contributed by atoms with E-state index in [4.69, 9.17) is 5.11 Å². The van der Waals surface area contributed by atoms with Crippen LogP contribution in [0.25, 0.3) is 0 Å². The van der Waals surface area contributed by atoms with Gasteiger partial charge in [0.2, 0.25) is 5.91 Å². The second kappa shape index (κ2) is 6.39. The Hall–Kier alpha value is -2.11. The number of nitrogens with one attached hydrogen (secondary N) is 2. The number of nitrogens with zero attached hydrogens (tertiary/aromatic N) is 1. The summed E-state index contributed by atoms with van der Waals surface area (Å²) < 4.78 is 0. The number of carbonyl (C=O) groups excluding carboxylic acids is 1. The predicted octanol–water partition coefficient (Wildman–Crippen LogP) is 0.0993. The zero-order chi connectivity index (χ0) is 11.8. The topological polar surface area (TPSA) is 95.1 Å². The average Bonchev–Trinajstić information content (AvgIpc) is 2.74. The van der Waals surface area contributed by atoms with Crippen LogP contribution in [-0.2, 0) is 16.0 Å². The second-order valence-corrected chi connectivity index (χ2v) is 3.10. The van der Waals surface area contributed by atoms with Gasteiger partial charge in [-0.1, -0.05) is 0 Å². The Morgan fingerprint density at radius 1 is 1.50 bits per heavy atom. The lowest BCUT2D eigenvalue weighted by Gasteiger charge is -2.00. The van der Waals surface area contributed by atoms with E-state index in [0.717, 1.165) is 30.8 Å². The van der Waals surface area contributed by atoms with Crippen LogP contribution in [0, 0.1) is 0 Å². The SMILES string of the molecule is O=C(O)/C=C/C(=O)NCCCc1ncc[nH]1. The molecule has 0 fully saturated rings. The molecule has 0 bridgehead atoms. The number of aromatic nitrogens is 2. The molecule has 0 aliphatic rings. The van der Waals surface area contributed by atoms with E-state index in [-0.39, 0.29) is 0 Å². The van der Waals surface area contributed by atoms with Crippen LogP contribution in [0.15, 0.2) is 24.5 Å². The lowest BCUT2D eigenvalue weighted by molar-refractivity contribution is -0.131. The fourth-order valence-corrected chi connectivity index (χ4v) is 1.11. The van der Waals surface area contributed by atoms with Crippen molar-refractivity contribution in [1.82, 2.24) is 15.3 Å². The van der Waals surface area contributed by atoms with Crippen LogP contribution in [0.1, 0.15) is 12.2 Å². The van der Waals surface area contributed by atoms with Crippen molar-refractivity contribution in [2.24, 2.45) is 0 Å². The molecule has 0 aliphatic carbocycles. The first-order chi connectivity index (χ1) is 7.68. The number of aliphatic carboxylic acids is 1. The predicted molar refractivity (Wildman–Crippen MR) is 56.7 cm³/mol. The zero-order valence-corrected chi connectivity index (χ0v) is 8.64. The summed E-state index contributed by atoms with van der Waals surface area (Å²) >= 11 is 0. The second-order valence-electron chi connectivity index (χ2n) is 3.10. The Kier molecular flexibility index (Phi) is 4.78. The molecule has 0 aromatic carbocycles. The van der Waals surface area contributed by atoms with Gasteiger partial charge >= 0.3 is 5.97 Å². The van der Waals surface area contributed by atoms with Crippen molar-refractivity contribution < 1.29 is 14.7 Å². The molecule has 6 heteroatoms. The standard InChI is InChI=1S/C10H13N3O3/c14-9(3-4-10(15)16)13-5-1-2-8-11-6-7-12-8/h3-4,6-7H,1-2,5H2,(H,11,12)(H,13,14)(H,15,16)/b4-3+. The van der Waals surface area contributed by atoms with Gasteiger partial charge in [-0.2, -0.15) is 0 Å². The number of hydrogen-bond acceptors (Lipinski definition) is 3. The van der Waals surface area contributed by atoms with Gasteiger partial charge in [0.1, 0.15) is 5.82 Å². The van der Waals surface area contributed by atoms with Gasteiger partial charge in [0.05, 0.1) is 0 Å². The molecular weight excluding hydrogens is 210 g/mol. The Morgan fingerprint density at radius 3 is 2.94 bits per heavy atom. The maximum Gasteiger partial charge on any atom is 0.328 e. The molecule has 86 valence electrons. The smallest absolute Gasteiger partial charge is 0.328 e. The highest BCUT2D eigenvalue weighted by molar-refractivity contribution is 5.93. The summed E-state index contributed by atoms with van der Waals surface area (Å²) in [6.45, 7) is 0.490. The lowest BCUT2D eigenvalue weighted by atomic mass is 10.3. The fourth-order valence-electron chi connectivity index (χ4n) is 1.11. The van der Waals surface area contributed by atoms with Crippen LogP contribution in [0.2, 0.25) is 0 Å². The monoisotopic (exact) mass is 223 g/mol. The van der Waals surface area contributed by atoms with E-state index in [0.29, 0.717) is 6.54 Å². The van der Waals surface area contributed by atoms with Crippen molar-refractivity contribution in [3.8, 4) is 0 Å². The van der Waals surface area contributed by atoms with Gasteiger partial charge in [-0.05, 0) is 6.42 Å². The molecule has 1 rings (SSSR count). The molecule has 1 heterocycles. The number of hydrogen-bond donors (Lipinski definition) is 3. The van der Waals surface area contributed by atoms with Crippen molar-refractivity contribution in [1.29, 1.82) is 0 Å². The van der Waals surface area contributed by atoms with Crippen molar-refractivity contribution in [3.63, 3.8) is 0 Å². The van der Waals surface area contributed by atoms with Gasteiger partial charge in [0.15, 0.2) is 0 Å². The van der Waals surface area contributed by atoms with Crippen molar-refractivity contribution in [3.05, 3.63) is 30.4 Å². The summed E-state index contributed by atoms with van der Waals surface area (Å²) in [5.41, 5.74) is 0. The van der Waals surface area contributed by atoms with Crippen LogP contribution >= 0.6 is 0 Å². The summed E-state index contributed by atoms with van der Waals surface area (Å²) in [7, 11) is 0. The van der Waals surface area contributed by atoms with E-state index < -0.39 is 11.9 Å². The number of aromatic amines is 1. The molecule has 1 amide bonds. The highest BCUT2D eigenvalue weighted by atomic mass is 16.4. The Bertz CT molecular complexity index is 371. The average molecular weight is 223 g/mol. The molecule has 0 unspecified atom stereocenters. The molecule has 0 saturated carbocycles. The Balaban J connectivity index is 2.11. The summed E-state index contributed by atoms with van der Waals surface area (Å²) in [4.78, 5) is 28.1. The van der Waals surface area contributed by atoms with E-state index in [1.165, 1.54) is 0 Å². The maximum atomic E-state index is 11.0. The molecule has 0 aliphatic heterocycles. The summed E-state index contributed by atoms with van der Waals surface area (Å²) in [5.74, 6) is -0.664. The third-order valence-corrected chi connectivity index (χ3v) is 1.82. The number of amides is 1. The molecule has 6 nitrogen and oxygen atoms in total. The fraction of sp³-hybridized carbons (Fsp3) is 0.300. The molecule has 1 aromatic rings. The van der Waals surface area contributed by atoms with E-state index in [9.17, 15) is 9.59 Å². The van der Waals surface area contributed by atoms with Crippen LogP contribution in [0.4, 0.5) is 0 Å². The normalized spacial score (nSPS) is 10.5. The van der Waals surface area contributed by atoms with E-state index in [1.807, 2.05) is 0 Å². The lowest BCUT2D eigenvalue weighted by Crippen LogP contribution is -2.22. The number of imidazole rings is 1. The number of carbonyl (C=O) groups is 2. The summed E-state index contributed by atoms with van der Waals surface area (Å²) in [5, 5.41) is 10.8. The van der Waals surface area contributed by atoms with E-state index >= 15 is 0 Å². The molecule has 0 atom stereocenters. The largest absolute Gasteiger partial charge is 0.478 e. The summed E-state index contributed by atoms with van der Waals surface area (Å²) in [6.07, 6.45) is 6.71. The number of carboxylic acids is 1. The first-order valence-corrected chi connectivity index (χ1v) is 4.85. The van der Waals surface area contributed by atoms with Crippen LogP contribution in [0.5, 0.6) is 0 Å². The van der Waals surface area contributed by atoms with Crippen LogP contribution in [0.3, 0.4) is 0 Å². The Labute approximate surface area is 92.4 Å². The van der Waals surface area contributed by atoms with Crippen LogP contribution < -0.4 is 5.32 Å². The van der Waals surface area contributed by atoms with E-state index in [2.05, 4.69) is 15.3 Å². The number of H-pyrrole nitrogens is 1. The molecule has 3 N–H and O–H groups in total. The van der Waals surface area contributed by atoms with Gasteiger partial charge in [0.25, 0.3) is 0 Å². The van der Waals surface area contributed by atoms with E-state index in [1.54, 1.807) is 12.4 Å². The highest BCUT2D eigenvalue weighted by Gasteiger charge is 1.97. The van der Waals surface area contributed by atoms with Gasteiger partial charge in [0, 0.05) is 37.5 Å². The molecule has 0 saturated heterocycles. The van der Waals surface area contributed by atoms with Crippen LogP contribution in [-0.4, -0.2) is 33.5 Å². The van der Waals surface area contributed by atoms with Crippen molar-refractivity contribution in [2.45, 2.75) is 12.8 Å². The zero-order valence-electron chi connectivity index (χ0n) is 8.64. The molecule has 16 heavy (non-hydrogen) atoms. The molecule has 0 spiro atoms. The highest BCUT2D eigenvalue weighted by Crippen LogP contribution is 1.93. The third kappa shape index (κ3) is 4.94.